The summed E-state index contributed by atoms with van der Waals surface area (Å²) in [6, 6.07) is 14.8. The van der Waals surface area contributed by atoms with E-state index in [1.54, 1.807) is 25.3 Å². The first-order valence-corrected chi connectivity index (χ1v) is 54.0. The zero-order valence-corrected chi connectivity index (χ0v) is 81.9. The van der Waals surface area contributed by atoms with Gasteiger partial charge < -0.3 is 45.6 Å². The number of hydrogen-bond acceptors (Lipinski definition) is 20. The number of fused-ring (bicyclic) bond motifs is 2. The van der Waals surface area contributed by atoms with Crippen LogP contribution in [0.2, 0.25) is 0 Å². The number of carbonyl (C=O) groups is 5. The van der Waals surface area contributed by atoms with E-state index in [1.807, 2.05) is 60.7 Å². The molecule has 33 rings (SSSR count). The lowest BCUT2D eigenvalue weighted by atomic mass is 9.41. The summed E-state index contributed by atoms with van der Waals surface area (Å²) in [6.45, 7) is 13.6. The molecule has 30 heteroatoms. The van der Waals surface area contributed by atoms with E-state index in [-0.39, 0.29) is 67.0 Å². The van der Waals surface area contributed by atoms with Crippen LogP contribution in [0.15, 0.2) is 99.3 Å². The number of piperazine rings is 1. The van der Waals surface area contributed by atoms with Crippen molar-refractivity contribution >= 4 is 29.5 Å². The Kier molecular flexibility index (Phi) is 23.3. The molecule has 1 aromatic carbocycles. The van der Waals surface area contributed by atoms with Crippen LogP contribution in [0, 0.1) is 98.0 Å². The molecular weight excluding hydrogens is 1720 g/mol. The van der Waals surface area contributed by atoms with Gasteiger partial charge in [0.05, 0.1) is 55.1 Å². The minimum Gasteiger partial charge on any atom is -0.390 e. The van der Waals surface area contributed by atoms with Gasteiger partial charge in [0.15, 0.2) is 0 Å². The number of likely N-dealkylation sites (tertiary alicyclic amines) is 4. The average Bonchev–Trinajstić information content (AvgIpc) is 1.72. The van der Waals surface area contributed by atoms with Gasteiger partial charge in [-0.05, 0) is 367 Å². The fraction of sp³-hybridized carbons (Fsp3) is 0.776. The number of amides is 5. The first kappa shape index (κ1) is 91.5. The number of nitrogens with two attached hydrogens (primary N) is 1. The summed E-state index contributed by atoms with van der Waals surface area (Å²) in [5.74, 6) is 8.32. The van der Waals surface area contributed by atoms with Crippen molar-refractivity contribution in [2.45, 2.75) is 314 Å². The summed E-state index contributed by atoms with van der Waals surface area (Å²) in [7, 11) is 6.60. The number of aromatic nitrogens is 13. The molecule has 22 bridgehead atoms. The second-order valence-electron chi connectivity index (χ2n) is 50.7. The number of hydrogen-bond donors (Lipinski definition) is 3. The number of nitrogens with zero attached hydrogens (tertiary/aromatic N) is 21. The molecule has 12 heterocycles. The van der Waals surface area contributed by atoms with Gasteiger partial charge in [-0.3, -0.25) is 38.8 Å². The molecule has 27 fully saturated rings. The summed E-state index contributed by atoms with van der Waals surface area (Å²) >= 11 is 0. The lowest BCUT2D eigenvalue weighted by Crippen LogP contribution is -2.64. The van der Waals surface area contributed by atoms with Crippen molar-refractivity contribution < 1.29 is 33.5 Å². The van der Waals surface area contributed by atoms with E-state index >= 15 is 0 Å². The number of aliphatic hydroxyl groups is 1. The van der Waals surface area contributed by atoms with Crippen LogP contribution in [0.25, 0.3) is 0 Å². The molecule has 29 nitrogen and oxygen atoms in total. The fourth-order valence-corrected chi connectivity index (χ4v) is 37.5. The Balaban J connectivity index is 0.0000000935. The molecule has 20 aliphatic carbocycles. The van der Waals surface area contributed by atoms with Crippen molar-refractivity contribution in [3.05, 3.63) is 116 Å². The van der Waals surface area contributed by atoms with Crippen molar-refractivity contribution in [1.82, 2.24) is 109 Å². The second kappa shape index (κ2) is 34.9. The Labute approximate surface area is 808 Å². The molecule has 1 spiro atoms. The van der Waals surface area contributed by atoms with Crippen LogP contribution in [0.5, 0.6) is 0 Å². The van der Waals surface area contributed by atoms with Crippen LogP contribution < -0.4 is 11.1 Å². The van der Waals surface area contributed by atoms with E-state index in [4.69, 9.17) is 5.73 Å². The predicted molar refractivity (Wildman–Crippen MR) is 512 cm³/mol. The molecule has 12 unspecified atom stereocenters. The SMILES string of the molecule is CN(C)C1CCCN(C(=O)C23CC4CC(C2)CC(n2cncn2)(C4)C3)CC1.CN1[C@H]2CC[C@@H]1CN(C(=O)C13CC4CC(C1)CC(n1cncn1)(C4)C3)CC2.NC1CN(C(=O)CC2(c3ccc(F)cc3)C3CC4CC2CC(O)(C4)C3)C1.O=C(N1CCC2(CCCNC2)C1)C12CC3CC(C1)CC(n1cncn1)(C3)C2.O=C(N1CCN(Cc2ccccn2)CC1)C12CC3CC(C1)CC(n1cncn1)(C3)C2. The maximum absolute atomic E-state index is 14.0. The van der Waals surface area contributed by atoms with Gasteiger partial charge in [0, 0.05) is 139 Å². The maximum Gasteiger partial charge on any atom is 0.228 e. The summed E-state index contributed by atoms with van der Waals surface area (Å²) in [5, 5.41) is 32.7. The van der Waals surface area contributed by atoms with Crippen LogP contribution in [0.4, 0.5) is 4.39 Å². The topological polar surface area (TPSA) is 305 Å². The summed E-state index contributed by atoms with van der Waals surface area (Å²) in [5.41, 5.74) is 7.10. The Morgan fingerprint density at radius 1 is 0.467 bits per heavy atom. The third-order valence-electron chi connectivity index (χ3n) is 41.5. The highest BCUT2D eigenvalue weighted by molar-refractivity contribution is 5.86. The normalized spacial score (nSPS) is 41.8. The summed E-state index contributed by atoms with van der Waals surface area (Å²) < 4.78 is 22.0. The number of halogens is 1. The van der Waals surface area contributed by atoms with Crippen LogP contribution >= 0.6 is 0 Å². The van der Waals surface area contributed by atoms with Crippen LogP contribution in [0.1, 0.15) is 262 Å². The zero-order chi connectivity index (χ0) is 93.3. The molecule has 5 aromatic heterocycles. The van der Waals surface area contributed by atoms with Gasteiger partial charge in [0.1, 0.15) is 56.4 Å². The van der Waals surface area contributed by atoms with Crippen molar-refractivity contribution in [2.75, 3.05) is 113 Å². The lowest BCUT2D eigenvalue weighted by molar-refractivity contribution is -0.173. The Hall–Kier alpha value is -8.03. The number of nitrogens with one attached hydrogen (secondary N) is 1. The van der Waals surface area contributed by atoms with Crippen LogP contribution in [-0.4, -0.2) is 280 Å². The van der Waals surface area contributed by atoms with E-state index in [0.717, 1.165) is 225 Å². The molecule has 7 aliphatic heterocycles. The van der Waals surface area contributed by atoms with Crippen molar-refractivity contribution in [1.29, 1.82) is 0 Å². The van der Waals surface area contributed by atoms with Gasteiger partial charge in [-0.1, -0.05) is 18.2 Å². The molecule has 137 heavy (non-hydrogen) atoms. The first-order valence-electron chi connectivity index (χ1n) is 54.0. The number of benzene rings is 1. The van der Waals surface area contributed by atoms with Gasteiger partial charge in [0.25, 0.3) is 0 Å². The number of likely N-dealkylation sites (N-methyl/N-ethyl adjacent to an activating group) is 1. The molecule has 4 N–H and O–H groups in total. The monoisotopic (exact) mass is 1870 g/mol. The Morgan fingerprint density at radius 3 is 1.37 bits per heavy atom. The Morgan fingerprint density at radius 2 is 0.934 bits per heavy atom. The highest BCUT2D eigenvalue weighted by atomic mass is 19.1. The molecule has 5 amide bonds. The molecule has 0 radical (unpaired) electrons. The number of carbonyl (C=O) groups excluding carboxylic acids is 5. The fourth-order valence-electron chi connectivity index (χ4n) is 37.5. The van der Waals surface area contributed by atoms with E-state index in [1.165, 1.54) is 128 Å². The molecule has 738 valence electrons. The zero-order valence-electron chi connectivity index (χ0n) is 81.9. The van der Waals surface area contributed by atoms with Gasteiger partial charge in [-0.25, -0.2) is 43.1 Å². The summed E-state index contributed by atoms with van der Waals surface area (Å²) in [4.78, 5) is 108. The van der Waals surface area contributed by atoms with Crippen LogP contribution in [-0.2, 0) is 58.1 Å². The van der Waals surface area contributed by atoms with E-state index in [2.05, 4.69) is 131 Å². The van der Waals surface area contributed by atoms with E-state index < -0.39 is 5.60 Å². The molecule has 14 atom stereocenters. The number of piperidine rings is 1. The van der Waals surface area contributed by atoms with Gasteiger partial charge in [0.2, 0.25) is 29.5 Å². The summed E-state index contributed by atoms with van der Waals surface area (Å²) in [6.07, 6.45) is 59.4. The molecule has 6 aromatic rings. The lowest BCUT2D eigenvalue weighted by Gasteiger charge is -2.64. The number of pyridine rings is 1. The van der Waals surface area contributed by atoms with Crippen molar-refractivity contribution in [3.63, 3.8) is 0 Å². The van der Waals surface area contributed by atoms with Gasteiger partial charge in [-0.2, -0.15) is 20.4 Å². The quantitative estimate of drug-likeness (QED) is 0.0912. The molecule has 27 aliphatic rings. The Bertz CT molecular complexity index is 5250. The van der Waals surface area contributed by atoms with Crippen molar-refractivity contribution in [3.8, 4) is 0 Å². The maximum atomic E-state index is 14.0. The molecule has 7 saturated heterocycles. The predicted octanol–water partition coefficient (Wildman–Crippen LogP) is 11.5. The highest BCUT2D eigenvalue weighted by Crippen LogP contribution is 2.71. The second-order valence-corrected chi connectivity index (χ2v) is 50.7. The average molecular weight is 1880 g/mol. The molecular formula is C107H152FN23O6. The minimum atomic E-state index is -0.553. The third kappa shape index (κ3) is 16.4. The largest absolute Gasteiger partial charge is 0.390 e. The van der Waals surface area contributed by atoms with E-state index in [9.17, 15) is 33.5 Å². The van der Waals surface area contributed by atoms with Gasteiger partial charge in [-0.15, -0.1) is 0 Å². The highest BCUT2D eigenvalue weighted by Gasteiger charge is 2.69. The number of rotatable bonds is 14. The van der Waals surface area contributed by atoms with E-state index in [0.29, 0.717) is 132 Å². The third-order valence-corrected chi connectivity index (χ3v) is 41.5. The molecule has 20 saturated carbocycles. The minimum absolute atomic E-state index is 0.0110. The van der Waals surface area contributed by atoms with Gasteiger partial charge >= 0.3 is 0 Å². The van der Waals surface area contributed by atoms with Crippen LogP contribution in [0.3, 0.4) is 0 Å². The standard InChI is InChI=1S/C23H30N6O.C21H27FN2O2.2C21H31N5O.C21H33N5O/c30-21(28-7-5-27(6-8-28)14-20-3-1-2-4-25-20)22-10-18-9-19(11-22)13-23(12-18,15-22)29-17-24-16-26-29;22-17-3-1-14(2-4-17)21(10-19(25)24-11-18(23)12-24)15-5-13-6-16(21)9-20(26,7-13)8-15;1-24-17-2-3-18(24)11-25(5-4-17)19(27)20-7-15-6-16(8-20)10-21(9-15,12-20)26-14-22-13-23-26;27-18(25-5-3-19(13-25)2-1-4-22-12-19)20-7-16-6-17(8-20)10-21(9-16,11-20)26-15-23-14-24-26;1-24(2)18-4-3-6-25(7-5-18)19(27)20-9-16-8-17(10-20)12-21(11-16,13-20)26-15-22-14-23-26/h1-4,16-19H,5-15H2;1-4,13,15-16,18,26H,5-12,23H2;13-18H,2-12H2,1H3;14-17,22H,1-13H2;14-18H,3-13H2,1-2H3/t;;15?,16?,17-,18+,20?,21?;;/m..0../s1. The van der Waals surface area contributed by atoms with Crippen molar-refractivity contribution in [2.24, 2.45) is 97.9 Å². The smallest absolute Gasteiger partial charge is 0.228 e. The first-order chi connectivity index (χ1) is 66.2.